The largest absolute Gasteiger partial charge is 0.337 e. The minimum absolute atomic E-state index is 0.0644. The van der Waals surface area contributed by atoms with E-state index in [0.717, 1.165) is 25.2 Å². The number of hydrogen-bond donors (Lipinski definition) is 1. The molecule has 0 aliphatic carbocycles. The highest BCUT2D eigenvalue weighted by molar-refractivity contribution is 7.88. The number of likely N-dealkylation sites (tertiary alicyclic amines) is 1. The first kappa shape index (κ1) is 18.2. The predicted molar refractivity (Wildman–Crippen MR) is 87.5 cm³/mol. The van der Waals surface area contributed by atoms with Crippen molar-refractivity contribution < 1.29 is 17.6 Å². The van der Waals surface area contributed by atoms with Crippen LogP contribution in [0.1, 0.15) is 30.1 Å². The third-order valence-corrected chi connectivity index (χ3v) is 4.94. The second-order valence-electron chi connectivity index (χ2n) is 5.88. The zero-order valence-corrected chi connectivity index (χ0v) is 14.6. The van der Waals surface area contributed by atoms with Gasteiger partial charge in [0.15, 0.2) is 0 Å². The third-order valence-electron chi connectivity index (χ3n) is 3.92. The van der Waals surface area contributed by atoms with Gasteiger partial charge in [0, 0.05) is 24.7 Å². The Kier molecular flexibility index (Phi) is 5.65. The van der Waals surface area contributed by atoms with Crippen molar-refractivity contribution in [2.45, 2.75) is 25.8 Å². The van der Waals surface area contributed by atoms with E-state index >= 15 is 0 Å². The first-order valence-electron chi connectivity index (χ1n) is 7.43. The van der Waals surface area contributed by atoms with Crippen molar-refractivity contribution in [1.29, 1.82) is 0 Å². The molecule has 0 unspecified atom stereocenters. The van der Waals surface area contributed by atoms with Gasteiger partial charge in [-0.15, -0.1) is 0 Å². The van der Waals surface area contributed by atoms with Crippen LogP contribution in [-0.2, 0) is 10.0 Å². The van der Waals surface area contributed by atoms with E-state index in [-0.39, 0.29) is 22.9 Å². The van der Waals surface area contributed by atoms with Crippen LogP contribution in [0.2, 0.25) is 5.02 Å². The molecule has 0 bridgehead atoms. The highest BCUT2D eigenvalue weighted by Crippen LogP contribution is 2.25. The second kappa shape index (κ2) is 7.15. The molecule has 0 radical (unpaired) electrons. The Labute approximate surface area is 140 Å². The molecule has 1 aromatic carbocycles. The van der Waals surface area contributed by atoms with Crippen molar-refractivity contribution >= 4 is 27.5 Å². The second-order valence-corrected chi connectivity index (χ2v) is 8.07. The SMILES string of the molecule is CCC[C@@H]1CN(C(=O)c2ccc(F)c(Cl)c2)C[C@H]1NS(C)(=O)=O. The molecule has 128 valence electrons. The fourth-order valence-electron chi connectivity index (χ4n) is 2.92. The van der Waals surface area contributed by atoms with Crippen LogP contribution in [0.25, 0.3) is 0 Å². The quantitative estimate of drug-likeness (QED) is 0.873. The molecule has 1 N–H and O–H groups in total. The van der Waals surface area contributed by atoms with Crippen LogP contribution in [0, 0.1) is 11.7 Å². The Balaban J connectivity index is 2.16. The molecule has 2 rings (SSSR count). The van der Waals surface area contributed by atoms with Gasteiger partial charge in [0.05, 0.1) is 11.3 Å². The minimum Gasteiger partial charge on any atom is -0.337 e. The average molecular weight is 363 g/mol. The summed E-state index contributed by atoms with van der Waals surface area (Å²) in [5.74, 6) is -0.787. The van der Waals surface area contributed by atoms with Gasteiger partial charge in [-0.05, 0) is 30.5 Å². The van der Waals surface area contributed by atoms with E-state index in [4.69, 9.17) is 11.6 Å². The van der Waals surface area contributed by atoms with Crippen LogP contribution < -0.4 is 4.72 Å². The van der Waals surface area contributed by atoms with E-state index in [1.165, 1.54) is 12.1 Å². The summed E-state index contributed by atoms with van der Waals surface area (Å²) in [4.78, 5) is 14.1. The zero-order chi connectivity index (χ0) is 17.2. The van der Waals surface area contributed by atoms with Crippen molar-refractivity contribution in [3.05, 3.63) is 34.6 Å². The summed E-state index contributed by atoms with van der Waals surface area (Å²) >= 11 is 5.72. The van der Waals surface area contributed by atoms with Gasteiger partial charge in [-0.3, -0.25) is 4.79 Å². The Morgan fingerprint density at radius 2 is 2.13 bits per heavy atom. The maximum atomic E-state index is 13.2. The lowest BCUT2D eigenvalue weighted by atomic mass is 9.99. The van der Waals surface area contributed by atoms with E-state index in [1.54, 1.807) is 4.90 Å². The molecule has 1 aromatic rings. The van der Waals surface area contributed by atoms with Crippen molar-refractivity contribution in [3.63, 3.8) is 0 Å². The van der Waals surface area contributed by atoms with Crippen molar-refractivity contribution in [3.8, 4) is 0 Å². The van der Waals surface area contributed by atoms with E-state index in [1.807, 2.05) is 6.92 Å². The average Bonchev–Trinajstić information content (AvgIpc) is 2.82. The molecule has 0 spiro atoms. The molecule has 1 heterocycles. The Bertz CT molecular complexity index is 696. The smallest absolute Gasteiger partial charge is 0.253 e. The summed E-state index contributed by atoms with van der Waals surface area (Å²) in [5.41, 5.74) is 0.298. The highest BCUT2D eigenvalue weighted by Gasteiger charge is 2.36. The van der Waals surface area contributed by atoms with Crippen LogP contribution in [0.5, 0.6) is 0 Å². The van der Waals surface area contributed by atoms with E-state index in [0.29, 0.717) is 18.7 Å². The summed E-state index contributed by atoms with van der Waals surface area (Å²) in [6.45, 7) is 2.78. The van der Waals surface area contributed by atoms with Crippen LogP contribution in [0.3, 0.4) is 0 Å². The van der Waals surface area contributed by atoms with Gasteiger partial charge in [0.25, 0.3) is 5.91 Å². The first-order chi connectivity index (χ1) is 10.7. The number of sulfonamides is 1. The van der Waals surface area contributed by atoms with Gasteiger partial charge in [0.1, 0.15) is 5.82 Å². The number of carbonyl (C=O) groups excluding carboxylic acids is 1. The third kappa shape index (κ3) is 4.65. The molecule has 1 aliphatic heterocycles. The van der Waals surface area contributed by atoms with Crippen LogP contribution >= 0.6 is 11.6 Å². The van der Waals surface area contributed by atoms with Crippen LogP contribution in [0.4, 0.5) is 4.39 Å². The maximum Gasteiger partial charge on any atom is 0.253 e. The standard InChI is InChI=1S/C15H20ClFN2O3S/c1-3-4-11-8-19(9-14(11)18-23(2,21)22)15(20)10-5-6-13(17)12(16)7-10/h5-7,11,14,18H,3-4,8-9H2,1-2H3/t11-,14-/m1/s1. The highest BCUT2D eigenvalue weighted by atomic mass is 35.5. The molecule has 8 heteroatoms. The zero-order valence-electron chi connectivity index (χ0n) is 13.1. The van der Waals surface area contributed by atoms with E-state index in [9.17, 15) is 17.6 Å². The van der Waals surface area contributed by atoms with Crippen molar-refractivity contribution in [2.24, 2.45) is 5.92 Å². The van der Waals surface area contributed by atoms with Crippen molar-refractivity contribution in [2.75, 3.05) is 19.3 Å². The number of halogens is 2. The molecule has 23 heavy (non-hydrogen) atoms. The number of rotatable bonds is 5. The molecule has 1 fully saturated rings. The molecule has 0 saturated carbocycles. The summed E-state index contributed by atoms with van der Waals surface area (Å²) in [6.07, 6.45) is 2.83. The molecular formula is C15H20ClFN2O3S. The van der Waals surface area contributed by atoms with Crippen molar-refractivity contribution in [1.82, 2.24) is 9.62 Å². The van der Waals surface area contributed by atoms with Gasteiger partial charge >= 0.3 is 0 Å². The lowest BCUT2D eigenvalue weighted by molar-refractivity contribution is 0.0785. The lowest BCUT2D eigenvalue weighted by Gasteiger charge is -2.17. The van der Waals surface area contributed by atoms with Gasteiger partial charge < -0.3 is 4.90 Å². The Hall–Kier alpha value is -1.18. The van der Waals surface area contributed by atoms with E-state index in [2.05, 4.69) is 4.72 Å². The van der Waals surface area contributed by atoms with Gasteiger partial charge in [-0.25, -0.2) is 17.5 Å². The summed E-state index contributed by atoms with van der Waals surface area (Å²) in [7, 11) is -3.34. The molecule has 1 amide bonds. The Morgan fingerprint density at radius 1 is 1.43 bits per heavy atom. The first-order valence-corrected chi connectivity index (χ1v) is 9.70. The molecule has 1 aliphatic rings. The lowest BCUT2D eigenvalue weighted by Crippen LogP contribution is -2.40. The van der Waals surface area contributed by atoms with Crippen LogP contribution in [0.15, 0.2) is 18.2 Å². The van der Waals surface area contributed by atoms with Crippen LogP contribution in [-0.4, -0.2) is 44.6 Å². The molecular weight excluding hydrogens is 343 g/mol. The number of carbonyl (C=O) groups is 1. The Morgan fingerprint density at radius 3 is 2.70 bits per heavy atom. The maximum absolute atomic E-state index is 13.2. The molecule has 5 nitrogen and oxygen atoms in total. The number of amides is 1. The summed E-state index contributed by atoms with van der Waals surface area (Å²) in [5, 5.41) is -0.106. The molecule has 1 saturated heterocycles. The minimum atomic E-state index is -3.34. The number of nitrogens with zero attached hydrogens (tertiary/aromatic N) is 1. The number of hydrogen-bond acceptors (Lipinski definition) is 3. The number of benzene rings is 1. The van der Waals surface area contributed by atoms with Gasteiger partial charge in [0.2, 0.25) is 10.0 Å². The van der Waals surface area contributed by atoms with Gasteiger partial charge in [-0.2, -0.15) is 0 Å². The fourth-order valence-corrected chi connectivity index (χ4v) is 3.92. The van der Waals surface area contributed by atoms with Gasteiger partial charge in [-0.1, -0.05) is 24.9 Å². The summed E-state index contributed by atoms with van der Waals surface area (Å²) in [6, 6.07) is 3.53. The topological polar surface area (TPSA) is 66.5 Å². The predicted octanol–water partition coefficient (Wildman–Crippen LogP) is 2.27. The molecule has 2 atom stereocenters. The van der Waals surface area contributed by atoms with E-state index < -0.39 is 15.8 Å². The summed E-state index contributed by atoms with van der Waals surface area (Å²) < 4.78 is 38.8. The molecule has 0 aromatic heterocycles. The fraction of sp³-hybridized carbons (Fsp3) is 0.533. The number of nitrogens with one attached hydrogen (secondary N) is 1. The normalized spacial score (nSPS) is 21.7. The monoisotopic (exact) mass is 362 g/mol.